The van der Waals surface area contributed by atoms with Crippen LogP contribution in [-0.2, 0) is 14.3 Å². The van der Waals surface area contributed by atoms with Crippen molar-refractivity contribution in [2.45, 2.75) is 51.1 Å². The number of ether oxygens (including phenoxy) is 1. The zero-order valence-electron chi connectivity index (χ0n) is 19.4. The topological polar surface area (TPSA) is 95.9 Å². The lowest BCUT2D eigenvalue weighted by molar-refractivity contribution is -0.152. The van der Waals surface area contributed by atoms with Crippen molar-refractivity contribution >= 4 is 18.0 Å². The third kappa shape index (κ3) is 4.08. The van der Waals surface area contributed by atoms with Gasteiger partial charge in [0.05, 0.1) is 0 Å². The molecule has 0 aliphatic heterocycles. The Labute approximate surface area is 193 Å². The lowest BCUT2D eigenvalue weighted by atomic mass is 9.85. The van der Waals surface area contributed by atoms with Crippen molar-refractivity contribution in [1.82, 2.24) is 10.2 Å². The van der Waals surface area contributed by atoms with Gasteiger partial charge in [0.25, 0.3) is 0 Å². The van der Waals surface area contributed by atoms with E-state index in [0.29, 0.717) is 12.8 Å². The molecule has 0 heterocycles. The summed E-state index contributed by atoms with van der Waals surface area (Å²) in [6.07, 6.45) is 0.123. The number of hydrogen-bond donors (Lipinski definition) is 2. The predicted octanol–water partition coefficient (Wildman–Crippen LogP) is 4.02. The first kappa shape index (κ1) is 22.8. The van der Waals surface area contributed by atoms with Crippen molar-refractivity contribution in [3.63, 3.8) is 0 Å². The van der Waals surface area contributed by atoms with Crippen LogP contribution in [0.1, 0.15) is 50.7 Å². The van der Waals surface area contributed by atoms with Gasteiger partial charge in [-0.3, -0.25) is 4.79 Å². The van der Waals surface area contributed by atoms with Crippen LogP contribution in [0.4, 0.5) is 4.79 Å². The zero-order chi connectivity index (χ0) is 24.0. The summed E-state index contributed by atoms with van der Waals surface area (Å²) in [6.45, 7) is 5.62. The Bertz CT molecular complexity index is 1050. The molecule has 174 valence electrons. The number of likely N-dealkylation sites (N-methyl/N-ethyl adjacent to an activating group) is 1. The fraction of sp³-hybridized carbons (Fsp3) is 0.423. The van der Waals surface area contributed by atoms with Gasteiger partial charge in [0.15, 0.2) is 0 Å². The Balaban J connectivity index is 1.47. The van der Waals surface area contributed by atoms with Crippen LogP contribution in [0.3, 0.4) is 0 Å². The number of nitrogens with one attached hydrogen (secondary N) is 1. The second-order valence-electron chi connectivity index (χ2n) is 10.0. The Hall–Kier alpha value is -3.35. The van der Waals surface area contributed by atoms with E-state index in [-0.39, 0.29) is 12.5 Å². The van der Waals surface area contributed by atoms with Crippen molar-refractivity contribution in [3.8, 4) is 11.1 Å². The molecular formula is C26H30N2O5. The van der Waals surface area contributed by atoms with Crippen LogP contribution in [0, 0.1) is 5.41 Å². The standard InChI is InChI=1S/C26H30N2O5/c1-25(2,3)21(22(29)28(4)26(13-14-26)23(30)31)27-24(32)33-15-20-18-11-7-5-9-16(18)17-10-6-8-12-19(17)20/h5-12,20-21H,13-15H2,1-4H3,(H,27,32)(H,30,31)/t21-/m0/s1. The number of carboxylic acid groups (broad SMARTS) is 1. The van der Waals surface area contributed by atoms with Crippen LogP contribution < -0.4 is 5.32 Å². The molecule has 1 fully saturated rings. The minimum atomic E-state index is -1.18. The Morgan fingerprint density at radius 2 is 1.58 bits per heavy atom. The van der Waals surface area contributed by atoms with Gasteiger partial charge in [-0.2, -0.15) is 0 Å². The van der Waals surface area contributed by atoms with E-state index in [9.17, 15) is 19.5 Å². The molecule has 0 bridgehead atoms. The van der Waals surface area contributed by atoms with E-state index in [1.165, 1.54) is 11.9 Å². The molecule has 7 nitrogen and oxygen atoms in total. The first-order valence-electron chi connectivity index (χ1n) is 11.2. The molecule has 0 radical (unpaired) electrons. The molecule has 2 aliphatic rings. The quantitative estimate of drug-likeness (QED) is 0.693. The highest BCUT2D eigenvalue weighted by Crippen LogP contribution is 2.45. The smallest absolute Gasteiger partial charge is 0.407 e. The minimum Gasteiger partial charge on any atom is -0.479 e. The van der Waals surface area contributed by atoms with Gasteiger partial charge in [0.2, 0.25) is 5.91 Å². The van der Waals surface area contributed by atoms with Gasteiger partial charge in [0.1, 0.15) is 18.2 Å². The van der Waals surface area contributed by atoms with Crippen LogP contribution in [0.5, 0.6) is 0 Å². The third-order valence-corrected chi connectivity index (χ3v) is 6.81. The summed E-state index contributed by atoms with van der Waals surface area (Å²) in [4.78, 5) is 38.9. The molecule has 33 heavy (non-hydrogen) atoms. The van der Waals surface area contributed by atoms with Crippen LogP contribution >= 0.6 is 0 Å². The summed E-state index contributed by atoms with van der Waals surface area (Å²) in [6, 6.07) is 15.2. The van der Waals surface area contributed by atoms with Crippen LogP contribution in [0.25, 0.3) is 11.1 Å². The zero-order valence-corrected chi connectivity index (χ0v) is 19.4. The molecule has 2 N–H and O–H groups in total. The lowest BCUT2D eigenvalue weighted by Crippen LogP contribution is -2.58. The summed E-state index contributed by atoms with van der Waals surface area (Å²) in [5.41, 5.74) is 2.66. The normalized spacial score (nSPS) is 16.8. The van der Waals surface area contributed by atoms with Crippen molar-refractivity contribution in [2.24, 2.45) is 5.41 Å². The van der Waals surface area contributed by atoms with Crippen molar-refractivity contribution in [3.05, 3.63) is 59.7 Å². The predicted molar refractivity (Wildman–Crippen MR) is 124 cm³/mol. The molecule has 4 rings (SSSR count). The third-order valence-electron chi connectivity index (χ3n) is 6.81. The number of benzene rings is 2. The number of amides is 2. The molecule has 1 saturated carbocycles. The molecule has 2 aliphatic carbocycles. The molecule has 1 atom stereocenters. The second kappa shape index (κ2) is 8.21. The number of carbonyl (C=O) groups excluding carboxylic acids is 2. The molecule has 0 unspecified atom stereocenters. The molecule has 2 aromatic rings. The van der Waals surface area contributed by atoms with E-state index in [1.54, 1.807) is 0 Å². The number of alkyl carbamates (subject to hydrolysis) is 1. The van der Waals surface area contributed by atoms with E-state index in [2.05, 4.69) is 17.4 Å². The van der Waals surface area contributed by atoms with Crippen molar-refractivity contribution in [1.29, 1.82) is 0 Å². The van der Waals surface area contributed by atoms with Gasteiger partial charge < -0.3 is 20.1 Å². The Morgan fingerprint density at radius 3 is 2.03 bits per heavy atom. The molecule has 0 aromatic heterocycles. The highest BCUT2D eigenvalue weighted by Gasteiger charge is 2.57. The van der Waals surface area contributed by atoms with Gasteiger partial charge in [-0.25, -0.2) is 9.59 Å². The largest absolute Gasteiger partial charge is 0.479 e. The number of carbonyl (C=O) groups is 3. The Kier molecular flexibility index (Phi) is 5.68. The number of carboxylic acids is 1. The monoisotopic (exact) mass is 450 g/mol. The molecule has 7 heteroatoms. The molecular weight excluding hydrogens is 420 g/mol. The summed E-state index contributed by atoms with van der Waals surface area (Å²) < 4.78 is 5.61. The number of hydrogen-bond acceptors (Lipinski definition) is 4. The van der Waals surface area contributed by atoms with Crippen molar-refractivity contribution in [2.75, 3.05) is 13.7 Å². The summed E-state index contributed by atoms with van der Waals surface area (Å²) >= 11 is 0. The highest BCUT2D eigenvalue weighted by atomic mass is 16.5. The van der Waals surface area contributed by atoms with Crippen LogP contribution in [0.15, 0.2) is 48.5 Å². The number of rotatable bonds is 6. The highest BCUT2D eigenvalue weighted by molar-refractivity contribution is 5.93. The average molecular weight is 451 g/mol. The first-order valence-corrected chi connectivity index (χ1v) is 11.2. The number of nitrogens with zero attached hydrogens (tertiary/aromatic N) is 1. The number of fused-ring (bicyclic) bond motifs is 3. The molecule has 0 saturated heterocycles. The van der Waals surface area contributed by atoms with E-state index in [4.69, 9.17) is 4.74 Å². The Morgan fingerprint density at radius 1 is 1.06 bits per heavy atom. The lowest BCUT2D eigenvalue weighted by Gasteiger charge is -2.35. The molecule has 2 aromatic carbocycles. The molecule has 0 spiro atoms. The second-order valence-corrected chi connectivity index (χ2v) is 10.0. The van der Waals surface area contributed by atoms with Crippen LogP contribution in [0.2, 0.25) is 0 Å². The summed E-state index contributed by atoms with van der Waals surface area (Å²) in [5, 5.41) is 12.3. The van der Waals surface area contributed by atoms with Crippen LogP contribution in [-0.4, -0.2) is 53.2 Å². The first-order chi connectivity index (χ1) is 15.6. The van der Waals surface area contributed by atoms with E-state index < -0.39 is 35.0 Å². The minimum absolute atomic E-state index is 0.0867. The fourth-order valence-corrected chi connectivity index (χ4v) is 4.62. The molecule has 2 amide bonds. The maximum absolute atomic E-state index is 13.2. The maximum atomic E-state index is 13.2. The summed E-state index contributed by atoms with van der Waals surface area (Å²) in [5.74, 6) is -1.54. The average Bonchev–Trinajstić information content (AvgIpc) is 3.53. The van der Waals surface area contributed by atoms with Gasteiger partial charge in [-0.1, -0.05) is 69.3 Å². The maximum Gasteiger partial charge on any atom is 0.407 e. The number of aliphatic carboxylic acids is 1. The van der Waals surface area contributed by atoms with E-state index in [0.717, 1.165) is 22.3 Å². The van der Waals surface area contributed by atoms with Gasteiger partial charge in [-0.05, 0) is 40.5 Å². The van der Waals surface area contributed by atoms with E-state index >= 15 is 0 Å². The van der Waals surface area contributed by atoms with Gasteiger partial charge in [-0.15, -0.1) is 0 Å². The summed E-state index contributed by atoms with van der Waals surface area (Å²) in [7, 11) is 1.49. The fourth-order valence-electron chi connectivity index (χ4n) is 4.62. The van der Waals surface area contributed by atoms with Gasteiger partial charge >= 0.3 is 12.1 Å². The van der Waals surface area contributed by atoms with Gasteiger partial charge in [0, 0.05) is 13.0 Å². The van der Waals surface area contributed by atoms with E-state index in [1.807, 2.05) is 57.2 Å². The SMILES string of the molecule is CN(C(=O)[C@H](NC(=O)OCC1c2ccccc2-c2ccccc21)C(C)(C)C)C1(C(=O)O)CC1. The van der Waals surface area contributed by atoms with Crippen molar-refractivity contribution < 1.29 is 24.2 Å².